The molecular formula is C10H14N2. The summed E-state index contributed by atoms with van der Waals surface area (Å²) in [6.07, 6.45) is 1.11. The lowest BCUT2D eigenvalue weighted by molar-refractivity contribution is 0.648. The minimum absolute atomic E-state index is 0.806. The quantitative estimate of drug-likeness (QED) is 0.656. The summed E-state index contributed by atoms with van der Waals surface area (Å²) in [6.45, 7) is 7.20. The summed E-state index contributed by atoms with van der Waals surface area (Å²) in [5.74, 6) is 0. The zero-order valence-corrected chi connectivity index (χ0v) is 7.89. The van der Waals surface area contributed by atoms with Crippen molar-refractivity contribution in [1.29, 1.82) is 5.26 Å². The van der Waals surface area contributed by atoms with E-state index in [2.05, 4.69) is 17.6 Å². The van der Waals surface area contributed by atoms with Crippen molar-refractivity contribution in [2.75, 3.05) is 0 Å². The van der Waals surface area contributed by atoms with E-state index in [1.54, 1.807) is 0 Å². The normalized spacial score (nSPS) is 9.83. The Hall–Kier alpha value is -1.23. The lowest BCUT2D eigenvalue weighted by Gasteiger charge is -2.05. The zero-order chi connectivity index (χ0) is 9.14. The maximum absolute atomic E-state index is 8.76. The van der Waals surface area contributed by atoms with E-state index in [0.717, 1.165) is 24.2 Å². The molecule has 12 heavy (non-hydrogen) atoms. The Morgan fingerprint density at radius 1 is 1.50 bits per heavy atom. The van der Waals surface area contributed by atoms with Crippen LogP contribution in [0.3, 0.4) is 0 Å². The van der Waals surface area contributed by atoms with Crippen LogP contribution in [0.15, 0.2) is 6.07 Å². The number of nitriles is 1. The first-order valence-corrected chi connectivity index (χ1v) is 4.27. The molecule has 0 saturated heterocycles. The third-order valence-corrected chi connectivity index (χ3v) is 2.14. The number of nitrogens with zero attached hydrogens (tertiary/aromatic N) is 2. The molecule has 1 aromatic heterocycles. The Morgan fingerprint density at radius 3 is 2.58 bits per heavy atom. The van der Waals surface area contributed by atoms with E-state index in [1.807, 2.05) is 19.9 Å². The van der Waals surface area contributed by atoms with Crippen molar-refractivity contribution < 1.29 is 0 Å². The molecule has 64 valence electrons. The first-order chi connectivity index (χ1) is 5.70. The van der Waals surface area contributed by atoms with Gasteiger partial charge in [0.2, 0.25) is 0 Å². The van der Waals surface area contributed by atoms with Crippen molar-refractivity contribution in [2.24, 2.45) is 0 Å². The van der Waals surface area contributed by atoms with Crippen LogP contribution in [0.1, 0.15) is 30.3 Å². The van der Waals surface area contributed by atoms with E-state index >= 15 is 0 Å². The lowest BCUT2D eigenvalue weighted by atomic mass is 10.3. The van der Waals surface area contributed by atoms with Crippen molar-refractivity contribution in [3.8, 4) is 6.07 Å². The molecule has 0 unspecified atom stereocenters. The van der Waals surface area contributed by atoms with E-state index in [4.69, 9.17) is 5.26 Å². The molecule has 2 heteroatoms. The molecule has 0 bridgehead atoms. The molecule has 1 rings (SSSR count). The predicted molar refractivity (Wildman–Crippen MR) is 48.9 cm³/mol. The van der Waals surface area contributed by atoms with Gasteiger partial charge in [0.05, 0.1) is 5.56 Å². The smallest absolute Gasteiger partial charge is 0.101 e. The van der Waals surface area contributed by atoms with Crippen molar-refractivity contribution in [3.63, 3.8) is 0 Å². The predicted octanol–water partition coefficient (Wildman–Crippen LogP) is 2.39. The summed E-state index contributed by atoms with van der Waals surface area (Å²) >= 11 is 0. The fourth-order valence-electron chi connectivity index (χ4n) is 1.48. The van der Waals surface area contributed by atoms with Gasteiger partial charge in [-0.1, -0.05) is 6.92 Å². The molecule has 0 aliphatic heterocycles. The average Bonchev–Trinajstić information content (AvgIpc) is 2.32. The van der Waals surface area contributed by atoms with Crippen LogP contribution >= 0.6 is 0 Å². The summed E-state index contributed by atoms with van der Waals surface area (Å²) in [5, 5.41) is 8.76. The van der Waals surface area contributed by atoms with Gasteiger partial charge in [-0.3, -0.25) is 0 Å². The van der Waals surface area contributed by atoms with Crippen LogP contribution in [-0.4, -0.2) is 4.57 Å². The van der Waals surface area contributed by atoms with Gasteiger partial charge in [0, 0.05) is 17.9 Å². The van der Waals surface area contributed by atoms with Gasteiger partial charge in [-0.25, -0.2) is 0 Å². The molecule has 0 aliphatic carbocycles. The van der Waals surface area contributed by atoms with E-state index in [-0.39, 0.29) is 0 Å². The molecule has 0 fully saturated rings. The van der Waals surface area contributed by atoms with Crippen LogP contribution in [0.25, 0.3) is 0 Å². The molecule has 0 spiro atoms. The first-order valence-electron chi connectivity index (χ1n) is 4.27. The van der Waals surface area contributed by atoms with Gasteiger partial charge in [0.15, 0.2) is 0 Å². The molecule has 0 saturated carbocycles. The maximum Gasteiger partial charge on any atom is 0.101 e. The second-order valence-corrected chi connectivity index (χ2v) is 3.05. The molecule has 0 N–H and O–H groups in total. The number of aromatic nitrogens is 1. The largest absolute Gasteiger partial charge is 0.348 e. The van der Waals surface area contributed by atoms with E-state index in [9.17, 15) is 0 Å². The lowest BCUT2D eigenvalue weighted by Crippen LogP contribution is -2.01. The summed E-state index contributed by atoms with van der Waals surface area (Å²) in [7, 11) is 0. The molecule has 0 radical (unpaired) electrons. The van der Waals surface area contributed by atoms with Gasteiger partial charge >= 0.3 is 0 Å². The third kappa shape index (κ3) is 1.35. The van der Waals surface area contributed by atoms with Crippen molar-refractivity contribution in [3.05, 3.63) is 23.0 Å². The molecule has 1 aromatic rings. The van der Waals surface area contributed by atoms with Crippen LogP contribution in [0.5, 0.6) is 0 Å². The van der Waals surface area contributed by atoms with Crippen LogP contribution in [0.4, 0.5) is 0 Å². The molecule has 0 amide bonds. The molecule has 2 nitrogen and oxygen atoms in total. The Bertz CT molecular complexity index is 315. The van der Waals surface area contributed by atoms with Crippen molar-refractivity contribution in [2.45, 2.75) is 33.7 Å². The zero-order valence-electron chi connectivity index (χ0n) is 7.89. The van der Waals surface area contributed by atoms with Gasteiger partial charge in [-0.2, -0.15) is 5.26 Å². The van der Waals surface area contributed by atoms with Gasteiger partial charge < -0.3 is 4.57 Å². The van der Waals surface area contributed by atoms with E-state index in [0.29, 0.717) is 0 Å². The number of hydrogen-bond donors (Lipinski definition) is 0. The van der Waals surface area contributed by atoms with E-state index < -0.39 is 0 Å². The SMILES string of the molecule is CCCn1c(C)cc(C#N)c1C. The minimum Gasteiger partial charge on any atom is -0.348 e. The van der Waals surface area contributed by atoms with Crippen LogP contribution in [0, 0.1) is 25.2 Å². The standard InChI is InChI=1S/C10H14N2/c1-4-5-12-8(2)6-10(7-11)9(12)3/h6H,4-5H2,1-3H3. The molecule has 0 atom stereocenters. The van der Waals surface area contributed by atoms with Crippen molar-refractivity contribution in [1.82, 2.24) is 4.57 Å². The average molecular weight is 162 g/mol. The Balaban J connectivity index is 3.12. The third-order valence-electron chi connectivity index (χ3n) is 2.14. The highest BCUT2D eigenvalue weighted by Crippen LogP contribution is 2.13. The monoisotopic (exact) mass is 162 g/mol. The summed E-state index contributed by atoms with van der Waals surface area (Å²) < 4.78 is 2.19. The second-order valence-electron chi connectivity index (χ2n) is 3.05. The molecule has 0 aliphatic rings. The minimum atomic E-state index is 0.806. The first kappa shape index (κ1) is 8.86. The Morgan fingerprint density at radius 2 is 2.17 bits per heavy atom. The second kappa shape index (κ2) is 3.44. The summed E-state index contributed by atoms with van der Waals surface area (Å²) in [4.78, 5) is 0. The molecule has 1 heterocycles. The van der Waals surface area contributed by atoms with Crippen LogP contribution in [0.2, 0.25) is 0 Å². The van der Waals surface area contributed by atoms with Crippen LogP contribution < -0.4 is 0 Å². The van der Waals surface area contributed by atoms with Gasteiger partial charge in [-0.15, -0.1) is 0 Å². The topological polar surface area (TPSA) is 28.7 Å². The fourth-order valence-corrected chi connectivity index (χ4v) is 1.48. The van der Waals surface area contributed by atoms with Crippen LogP contribution in [-0.2, 0) is 6.54 Å². The van der Waals surface area contributed by atoms with Gasteiger partial charge in [0.1, 0.15) is 6.07 Å². The van der Waals surface area contributed by atoms with Gasteiger partial charge in [0.25, 0.3) is 0 Å². The maximum atomic E-state index is 8.76. The Labute approximate surface area is 73.4 Å². The summed E-state index contributed by atoms with van der Waals surface area (Å²) in [6, 6.07) is 4.14. The van der Waals surface area contributed by atoms with Crippen molar-refractivity contribution >= 4 is 0 Å². The Kier molecular flexibility index (Phi) is 2.54. The van der Waals surface area contributed by atoms with Gasteiger partial charge in [-0.05, 0) is 26.3 Å². The highest BCUT2D eigenvalue weighted by Gasteiger charge is 2.06. The van der Waals surface area contributed by atoms with E-state index in [1.165, 1.54) is 5.69 Å². The number of hydrogen-bond acceptors (Lipinski definition) is 1. The summed E-state index contributed by atoms with van der Waals surface area (Å²) in [5.41, 5.74) is 3.09. The molecule has 0 aromatic carbocycles. The highest BCUT2D eigenvalue weighted by molar-refractivity contribution is 5.37. The fraction of sp³-hybridized carbons (Fsp3) is 0.500. The number of aryl methyl sites for hydroxylation is 1. The number of rotatable bonds is 2. The highest BCUT2D eigenvalue weighted by atomic mass is 15.0. The molecular weight excluding hydrogens is 148 g/mol.